The molecule has 0 radical (unpaired) electrons. The van der Waals surface area contributed by atoms with Crippen LogP contribution in [0.25, 0.3) is 0 Å². The van der Waals surface area contributed by atoms with E-state index in [0.29, 0.717) is 5.16 Å². The lowest BCUT2D eigenvalue weighted by Crippen LogP contribution is -2.07. The second kappa shape index (κ2) is 4.22. The molecule has 0 spiro atoms. The van der Waals surface area contributed by atoms with Crippen molar-refractivity contribution in [3.63, 3.8) is 0 Å². The number of aromatic nitrogens is 3. The predicted molar refractivity (Wildman–Crippen MR) is 60.6 cm³/mol. The van der Waals surface area contributed by atoms with E-state index >= 15 is 0 Å². The van der Waals surface area contributed by atoms with Gasteiger partial charge in [0.25, 0.3) is 0 Å². The van der Waals surface area contributed by atoms with Gasteiger partial charge in [0, 0.05) is 11.4 Å². The molecule has 0 bridgehead atoms. The van der Waals surface area contributed by atoms with Crippen molar-refractivity contribution < 1.29 is 0 Å². The van der Waals surface area contributed by atoms with E-state index in [1.54, 1.807) is 0 Å². The Hall–Kier alpha value is -1.69. The smallest absolute Gasteiger partial charge is 0.209 e. The summed E-state index contributed by atoms with van der Waals surface area (Å²) >= 11 is 1.54. The third-order valence-electron chi connectivity index (χ3n) is 1.89. The highest BCUT2D eigenvalue weighted by atomic mass is 32.2. The molecule has 0 aliphatic rings. The predicted octanol–water partition coefficient (Wildman–Crippen LogP) is 0.866. The molecule has 78 valence electrons. The van der Waals surface area contributed by atoms with Gasteiger partial charge in [0.1, 0.15) is 6.33 Å². The summed E-state index contributed by atoms with van der Waals surface area (Å²) in [5.41, 5.74) is 7.54. The van der Waals surface area contributed by atoms with Gasteiger partial charge in [0.05, 0.1) is 0 Å². The molecule has 0 saturated carbocycles. The van der Waals surface area contributed by atoms with E-state index in [1.807, 2.05) is 24.3 Å². The Morgan fingerprint density at radius 2 is 2.00 bits per heavy atom. The van der Waals surface area contributed by atoms with Crippen LogP contribution in [0.15, 0.2) is 35.7 Å². The highest BCUT2D eigenvalue weighted by molar-refractivity contribution is 7.98. The van der Waals surface area contributed by atoms with Crippen LogP contribution in [0.1, 0.15) is 5.56 Å². The van der Waals surface area contributed by atoms with E-state index in [0.717, 1.165) is 11.4 Å². The van der Waals surface area contributed by atoms with Gasteiger partial charge in [-0.1, -0.05) is 23.9 Å². The molecule has 4 N–H and O–H groups in total. The summed E-state index contributed by atoms with van der Waals surface area (Å²) in [6.07, 6.45) is 1.48. The van der Waals surface area contributed by atoms with Crippen molar-refractivity contribution in [2.24, 2.45) is 0 Å². The van der Waals surface area contributed by atoms with Gasteiger partial charge in [-0.05, 0) is 17.7 Å². The van der Waals surface area contributed by atoms with Gasteiger partial charge >= 0.3 is 0 Å². The van der Waals surface area contributed by atoms with Crippen LogP contribution < -0.4 is 11.6 Å². The van der Waals surface area contributed by atoms with Crippen molar-refractivity contribution in [2.75, 3.05) is 11.6 Å². The van der Waals surface area contributed by atoms with Crippen LogP contribution in [0.2, 0.25) is 0 Å². The van der Waals surface area contributed by atoms with E-state index in [1.165, 1.54) is 28.3 Å². The zero-order valence-corrected chi connectivity index (χ0v) is 8.81. The molecule has 0 fully saturated rings. The number of hydrogen-bond donors (Lipinski definition) is 2. The molecule has 5 nitrogen and oxygen atoms in total. The fraction of sp³-hybridized carbons (Fsp3) is 0.111. The summed E-state index contributed by atoms with van der Waals surface area (Å²) in [4.78, 5) is 0. The lowest BCUT2D eigenvalue weighted by atomic mass is 10.2. The molecule has 15 heavy (non-hydrogen) atoms. The number of nitrogens with two attached hydrogens (primary N) is 2. The lowest BCUT2D eigenvalue weighted by molar-refractivity contribution is 0.846. The van der Waals surface area contributed by atoms with Crippen molar-refractivity contribution in [2.45, 2.75) is 10.9 Å². The molecule has 0 unspecified atom stereocenters. The van der Waals surface area contributed by atoms with Crippen LogP contribution in [0, 0.1) is 0 Å². The van der Waals surface area contributed by atoms with Gasteiger partial charge in [-0.15, -0.1) is 10.2 Å². The fourth-order valence-corrected chi connectivity index (χ4v) is 1.89. The molecule has 6 heteroatoms. The highest BCUT2D eigenvalue weighted by Gasteiger charge is 2.02. The molecule has 1 aromatic carbocycles. The standard InChI is InChI=1S/C9H11N5S/c10-8-3-1-7(2-4-8)5-15-9-13-12-6-14(9)11/h1-4,6H,5,10-11H2. The molecule has 1 aromatic heterocycles. The first kappa shape index (κ1) is 9.85. The average Bonchev–Trinajstić information content (AvgIpc) is 2.63. The molecule has 2 aromatic rings. The highest BCUT2D eigenvalue weighted by Crippen LogP contribution is 2.19. The number of thioether (sulfide) groups is 1. The van der Waals surface area contributed by atoms with Crippen LogP contribution >= 0.6 is 11.8 Å². The average molecular weight is 221 g/mol. The maximum Gasteiger partial charge on any atom is 0.209 e. The minimum absolute atomic E-state index is 0.701. The van der Waals surface area contributed by atoms with Crippen molar-refractivity contribution in [1.29, 1.82) is 0 Å². The summed E-state index contributed by atoms with van der Waals surface area (Å²) in [6, 6.07) is 7.73. The summed E-state index contributed by atoms with van der Waals surface area (Å²) in [5.74, 6) is 6.38. The van der Waals surface area contributed by atoms with E-state index < -0.39 is 0 Å². The molecule has 0 atom stereocenters. The maximum absolute atomic E-state index is 5.59. The Morgan fingerprint density at radius 1 is 1.27 bits per heavy atom. The van der Waals surface area contributed by atoms with Crippen molar-refractivity contribution in [1.82, 2.24) is 14.9 Å². The Morgan fingerprint density at radius 3 is 2.60 bits per heavy atom. The van der Waals surface area contributed by atoms with Gasteiger partial charge in [-0.2, -0.15) is 0 Å². The van der Waals surface area contributed by atoms with Crippen molar-refractivity contribution >= 4 is 17.4 Å². The normalized spacial score (nSPS) is 10.4. The molecule has 0 aliphatic heterocycles. The summed E-state index contributed by atoms with van der Waals surface area (Å²) in [7, 11) is 0. The van der Waals surface area contributed by atoms with E-state index in [9.17, 15) is 0 Å². The molecular weight excluding hydrogens is 210 g/mol. The molecule has 2 rings (SSSR count). The van der Waals surface area contributed by atoms with Gasteiger partial charge in [-0.3, -0.25) is 0 Å². The number of nitrogen functional groups attached to an aromatic ring is 2. The molecule has 0 aliphatic carbocycles. The largest absolute Gasteiger partial charge is 0.399 e. The number of hydrogen-bond acceptors (Lipinski definition) is 5. The minimum atomic E-state index is 0.701. The zero-order chi connectivity index (χ0) is 10.7. The first-order valence-corrected chi connectivity index (χ1v) is 5.36. The maximum atomic E-state index is 5.59. The summed E-state index contributed by atoms with van der Waals surface area (Å²) in [6.45, 7) is 0. The van der Waals surface area contributed by atoms with Crippen molar-refractivity contribution in [3.05, 3.63) is 36.2 Å². The fourth-order valence-electron chi connectivity index (χ4n) is 1.10. The summed E-state index contributed by atoms with van der Waals surface area (Å²) < 4.78 is 1.40. The van der Waals surface area contributed by atoms with Crippen LogP contribution in [0.5, 0.6) is 0 Å². The number of benzene rings is 1. The molecule has 0 amide bonds. The molecule has 1 heterocycles. The Bertz CT molecular complexity index is 436. The van der Waals surface area contributed by atoms with Crippen LogP contribution in [-0.4, -0.2) is 14.9 Å². The Kier molecular flexibility index (Phi) is 2.77. The van der Waals surface area contributed by atoms with E-state index in [-0.39, 0.29) is 0 Å². The number of rotatable bonds is 3. The lowest BCUT2D eigenvalue weighted by Gasteiger charge is -2.01. The second-order valence-electron chi connectivity index (χ2n) is 3.05. The van der Waals surface area contributed by atoms with Gasteiger partial charge in [0.15, 0.2) is 0 Å². The number of nitrogens with zero attached hydrogens (tertiary/aromatic N) is 3. The first-order chi connectivity index (χ1) is 7.25. The SMILES string of the molecule is Nc1ccc(CSc2nncn2N)cc1. The zero-order valence-electron chi connectivity index (χ0n) is 8.00. The monoisotopic (exact) mass is 221 g/mol. The Labute approximate surface area is 91.5 Å². The third-order valence-corrected chi connectivity index (χ3v) is 2.92. The minimum Gasteiger partial charge on any atom is -0.399 e. The van der Waals surface area contributed by atoms with Crippen LogP contribution in [-0.2, 0) is 5.75 Å². The van der Waals surface area contributed by atoms with E-state index in [2.05, 4.69) is 10.2 Å². The first-order valence-electron chi connectivity index (χ1n) is 4.38. The quantitative estimate of drug-likeness (QED) is 0.456. The second-order valence-corrected chi connectivity index (χ2v) is 3.99. The third kappa shape index (κ3) is 2.41. The Balaban J connectivity index is 1.99. The van der Waals surface area contributed by atoms with E-state index in [4.69, 9.17) is 11.6 Å². The van der Waals surface area contributed by atoms with Gasteiger partial charge in [0.2, 0.25) is 5.16 Å². The molecular formula is C9H11N5S. The number of anilines is 1. The van der Waals surface area contributed by atoms with Crippen LogP contribution in [0.4, 0.5) is 5.69 Å². The molecule has 0 saturated heterocycles. The van der Waals surface area contributed by atoms with Crippen LogP contribution in [0.3, 0.4) is 0 Å². The summed E-state index contributed by atoms with van der Waals surface area (Å²) in [5, 5.41) is 8.27. The van der Waals surface area contributed by atoms with Crippen molar-refractivity contribution in [3.8, 4) is 0 Å². The van der Waals surface area contributed by atoms with Gasteiger partial charge < -0.3 is 11.6 Å². The van der Waals surface area contributed by atoms with Gasteiger partial charge in [-0.25, -0.2) is 4.68 Å². The topological polar surface area (TPSA) is 82.8 Å².